The number of thiophene rings is 2. The normalized spacial score (nSPS) is 11.9. The monoisotopic (exact) mass is 686 g/mol. The lowest BCUT2D eigenvalue weighted by Gasteiger charge is -2.10. The first-order chi connectivity index (χ1) is 25.3. The van der Waals surface area contributed by atoms with Crippen LogP contribution in [0.1, 0.15) is 0 Å². The molecule has 0 bridgehead atoms. The summed E-state index contributed by atoms with van der Waals surface area (Å²) < 4.78 is 7.55. The highest BCUT2D eigenvalue weighted by atomic mass is 32.1. The van der Waals surface area contributed by atoms with Gasteiger partial charge in [-0.3, -0.25) is 0 Å². The van der Waals surface area contributed by atoms with E-state index in [1.807, 2.05) is 83.3 Å². The zero-order chi connectivity index (χ0) is 33.5. The molecular weight excluding hydrogens is 661 g/mol. The third kappa shape index (κ3) is 4.47. The zero-order valence-electron chi connectivity index (χ0n) is 27.1. The molecule has 4 nitrogen and oxygen atoms in total. The Morgan fingerprint density at radius 2 is 0.882 bits per heavy atom. The second-order valence-electron chi connectivity index (χ2n) is 12.8. The number of fused-ring (bicyclic) bond motifs is 9. The van der Waals surface area contributed by atoms with E-state index in [1.165, 1.54) is 67.8 Å². The minimum atomic E-state index is 0.667. The summed E-state index contributed by atoms with van der Waals surface area (Å²) in [6.45, 7) is 0. The molecule has 11 rings (SSSR count). The topological polar surface area (TPSA) is 43.6 Å². The summed E-state index contributed by atoms with van der Waals surface area (Å²) in [6.07, 6.45) is 0. The Labute approximate surface area is 300 Å². The summed E-state index contributed by atoms with van der Waals surface area (Å²) in [4.78, 5) is 14.9. The van der Waals surface area contributed by atoms with E-state index >= 15 is 0 Å². The Bertz CT molecular complexity index is 3030. The van der Waals surface area contributed by atoms with Crippen molar-refractivity contribution in [3.8, 4) is 39.9 Å². The number of hydrogen-bond acceptors (Lipinski definition) is 5. The van der Waals surface area contributed by atoms with Crippen molar-refractivity contribution in [2.75, 3.05) is 0 Å². The van der Waals surface area contributed by atoms with Crippen molar-refractivity contribution >= 4 is 84.8 Å². The summed E-state index contributed by atoms with van der Waals surface area (Å²) in [7, 11) is 0. The van der Waals surface area contributed by atoms with Gasteiger partial charge in [-0.2, -0.15) is 0 Å². The first-order valence-electron chi connectivity index (χ1n) is 16.9. The van der Waals surface area contributed by atoms with Crippen LogP contribution in [0, 0.1) is 0 Å². The Hall–Kier alpha value is -6.21. The van der Waals surface area contributed by atoms with E-state index in [4.69, 9.17) is 15.0 Å². The number of hydrogen-bond donors (Lipinski definition) is 0. The second kappa shape index (κ2) is 11.2. The molecule has 0 unspecified atom stereocenters. The number of aromatic nitrogens is 4. The molecule has 0 aliphatic heterocycles. The highest BCUT2D eigenvalue weighted by Gasteiger charge is 2.19. The number of para-hydroxylation sites is 2. The highest BCUT2D eigenvalue weighted by molar-refractivity contribution is 7.27. The molecule has 0 amide bonds. The molecule has 0 saturated heterocycles. The summed E-state index contributed by atoms with van der Waals surface area (Å²) in [5.41, 5.74) is 6.58. The SMILES string of the molecule is c1ccc(-c2nc(-c3ccccc3)nc(-c3ccc4sc5cc6c(cc5c4c3)sc3cccc(-n4c5ccccc5c5ccccc54)c36)n2)cc1. The summed E-state index contributed by atoms with van der Waals surface area (Å²) in [5.74, 6) is 2.00. The number of rotatable bonds is 4. The average Bonchev–Trinajstić information content (AvgIpc) is 3.86. The molecule has 11 aromatic rings. The van der Waals surface area contributed by atoms with Crippen LogP contribution in [0.2, 0.25) is 0 Å². The van der Waals surface area contributed by atoms with Gasteiger partial charge in [0.25, 0.3) is 0 Å². The van der Waals surface area contributed by atoms with Crippen LogP contribution in [0.4, 0.5) is 0 Å². The quantitative estimate of drug-likeness (QED) is 0.185. The van der Waals surface area contributed by atoms with Crippen molar-refractivity contribution in [3.63, 3.8) is 0 Å². The molecule has 238 valence electrons. The Morgan fingerprint density at radius 1 is 0.353 bits per heavy atom. The van der Waals surface area contributed by atoms with Crippen LogP contribution in [0.3, 0.4) is 0 Å². The van der Waals surface area contributed by atoms with Crippen molar-refractivity contribution in [3.05, 3.63) is 158 Å². The Balaban J connectivity index is 1.11. The lowest BCUT2D eigenvalue weighted by atomic mass is 10.1. The fourth-order valence-corrected chi connectivity index (χ4v) is 9.78. The van der Waals surface area contributed by atoms with Crippen LogP contribution in [0.25, 0.3) is 102 Å². The fourth-order valence-electron chi connectivity index (χ4n) is 7.52. The van der Waals surface area contributed by atoms with E-state index in [2.05, 4.69) is 102 Å². The molecule has 7 aromatic carbocycles. The third-order valence-corrected chi connectivity index (χ3v) is 12.1. The molecule has 4 heterocycles. The van der Waals surface area contributed by atoms with Crippen molar-refractivity contribution < 1.29 is 0 Å². The first-order valence-corrected chi connectivity index (χ1v) is 18.6. The molecule has 0 saturated carbocycles. The lowest BCUT2D eigenvalue weighted by Crippen LogP contribution is -2.00. The molecule has 0 aliphatic rings. The van der Waals surface area contributed by atoms with E-state index in [9.17, 15) is 0 Å². The van der Waals surface area contributed by atoms with Gasteiger partial charge in [0.1, 0.15) is 0 Å². The van der Waals surface area contributed by atoms with Gasteiger partial charge in [0.05, 0.1) is 16.7 Å². The predicted molar refractivity (Wildman–Crippen MR) is 216 cm³/mol. The minimum Gasteiger partial charge on any atom is -0.309 e. The van der Waals surface area contributed by atoms with Crippen molar-refractivity contribution in [1.82, 2.24) is 19.5 Å². The van der Waals surface area contributed by atoms with Crippen molar-refractivity contribution in [2.24, 2.45) is 0 Å². The summed E-state index contributed by atoms with van der Waals surface area (Å²) >= 11 is 3.71. The van der Waals surface area contributed by atoms with Gasteiger partial charge in [0.15, 0.2) is 17.5 Å². The van der Waals surface area contributed by atoms with Crippen LogP contribution in [0.5, 0.6) is 0 Å². The second-order valence-corrected chi connectivity index (χ2v) is 15.0. The van der Waals surface area contributed by atoms with E-state index in [1.54, 1.807) is 0 Å². The molecule has 51 heavy (non-hydrogen) atoms. The Kier molecular flexibility index (Phi) is 6.26. The lowest BCUT2D eigenvalue weighted by molar-refractivity contribution is 1.07. The third-order valence-electron chi connectivity index (χ3n) is 9.84. The molecule has 4 aromatic heterocycles. The predicted octanol–water partition coefficient (Wildman–Crippen LogP) is 12.7. The molecule has 0 spiro atoms. The molecule has 0 atom stereocenters. The first kappa shape index (κ1) is 28.6. The van der Waals surface area contributed by atoms with Gasteiger partial charge < -0.3 is 4.57 Å². The standard InChI is InChI=1S/C45H26N4S2/c1-3-12-27(13-4-1)43-46-44(28-14-5-2-6-15-28)48-45(47-43)29-22-23-38-32(24-29)33-25-41-34(26-40(33)50-38)42-37(20-11-21-39(42)51-41)49-35-18-9-7-16-30(35)31-17-8-10-19-36(31)49/h1-26H. The van der Waals surface area contributed by atoms with Gasteiger partial charge >= 0.3 is 0 Å². The molecule has 0 N–H and O–H groups in total. The van der Waals surface area contributed by atoms with E-state index in [-0.39, 0.29) is 0 Å². The van der Waals surface area contributed by atoms with Gasteiger partial charge in [-0.15, -0.1) is 22.7 Å². The summed E-state index contributed by atoms with van der Waals surface area (Å²) in [6, 6.07) is 55.9. The largest absolute Gasteiger partial charge is 0.309 e. The van der Waals surface area contributed by atoms with Gasteiger partial charge in [-0.05, 0) is 54.6 Å². The van der Waals surface area contributed by atoms with Crippen LogP contribution >= 0.6 is 22.7 Å². The molecule has 0 aliphatic carbocycles. The number of benzene rings is 7. The van der Waals surface area contributed by atoms with Gasteiger partial charge in [0, 0.05) is 67.8 Å². The maximum atomic E-state index is 5.01. The van der Waals surface area contributed by atoms with Crippen LogP contribution < -0.4 is 0 Å². The maximum Gasteiger partial charge on any atom is 0.164 e. The van der Waals surface area contributed by atoms with Crippen LogP contribution in [0.15, 0.2) is 158 Å². The van der Waals surface area contributed by atoms with Gasteiger partial charge in [0.2, 0.25) is 0 Å². The average molecular weight is 687 g/mol. The highest BCUT2D eigenvalue weighted by Crippen LogP contribution is 2.45. The number of nitrogens with zero attached hydrogens (tertiary/aromatic N) is 4. The van der Waals surface area contributed by atoms with Gasteiger partial charge in [-0.1, -0.05) is 103 Å². The van der Waals surface area contributed by atoms with E-state index in [0.717, 1.165) is 16.7 Å². The fraction of sp³-hybridized carbons (Fsp3) is 0. The summed E-state index contributed by atoms with van der Waals surface area (Å²) in [5, 5.41) is 7.63. The van der Waals surface area contributed by atoms with Crippen LogP contribution in [-0.4, -0.2) is 19.5 Å². The molecule has 0 fully saturated rings. The van der Waals surface area contributed by atoms with E-state index in [0.29, 0.717) is 17.5 Å². The van der Waals surface area contributed by atoms with Crippen molar-refractivity contribution in [1.29, 1.82) is 0 Å². The Morgan fingerprint density at radius 3 is 1.55 bits per heavy atom. The van der Waals surface area contributed by atoms with E-state index < -0.39 is 0 Å². The minimum absolute atomic E-state index is 0.667. The van der Waals surface area contributed by atoms with Crippen LogP contribution in [-0.2, 0) is 0 Å². The smallest absolute Gasteiger partial charge is 0.164 e. The van der Waals surface area contributed by atoms with Crippen molar-refractivity contribution in [2.45, 2.75) is 0 Å². The molecular formula is C45H26N4S2. The zero-order valence-corrected chi connectivity index (χ0v) is 28.7. The molecule has 6 heteroatoms. The molecule has 0 radical (unpaired) electrons. The van der Waals surface area contributed by atoms with Gasteiger partial charge in [-0.25, -0.2) is 15.0 Å². The maximum absolute atomic E-state index is 5.01.